The number of carbonyl (C=O) groups is 1. The first-order valence-corrected chi connectivity index (χ1v) is 6.94. The van der Waals surface area contributed by atoms with Crippen molar-refractivity contribution in [2.24, 2.45) is 5.73 Å². The van der Waals surface area contributed by atoms with Crippen LogP contribution in [0.25, 0.3) is 10.8 Å². The van der Waals surface area contributed by atoms with Crippen molar-refractivity contribution in [3.63, 3.8) is 0 Å². The molecule has 0 unspecified atom stereocenters. The van der Waals surface area contributed by atoms with Crippen LogP contribution in [0, 0.1) is 0 Å². The fourth-order valence-electron chi connectivity index (χ4n) is 2.56. The topological polar surface area (TPSA) is 66.6 Å². The predicted octanol–water partition coefficient (Wildman–Crippen LogP) is 2.11. The van der Waals surface area contributed by atoms with Crippen LogP contribution in [0.15, 0.2) is 36.4 Å². The number of amides is 1. The number of nitrogens with zero attached hydrogens (tertiary/aromatic N) is 1. The highest BCUT2D eigenvalue weighted by atomic mass is 16.3. The summed E-state index contributed by atoms with van der Waals surface area (Å²) in [7, 11) is 0. The van der Waals surface area contributed by atoms with E-state index in [4.69, 9.17) is 5.73 Å². The summed E-state index contributed by atoms with van der Waals surface area (Å²) in [5.74, 6) is -0.0584. The minimum atomic E-state index is -0.124. The molecule has 0 radical (unpaired) electrons. The molecular weight excluding hydrogens is 252 g/mol. The minimum Gasteiger partial charge on any atom is -0.506 e. The first kappa shape index (κ1) is 12.9. The molecule has 1 aliphatic carbocycles. The van der Waals surface area contributed by atoms with Crippen LogP contribution in [0.3, 0.4) is 0 Å². The zero-order chi connectivity index (χ0) is 14.1. The van der Waals surface area contributed by atoms with Crippen LogP contribution in [0.1, 0.15) is 23.2 Å². The molecule has 1 amide bonds. The smallest absolute Gasteiger partial charge is 0.257 e. The average molecular weight is 270 g/mol. The third-order valence-electron chi connectivity index (χ3n) is 3.75. The largest absolute Gasteiger partial charge is 0.506 e. The maximum Gasteiger partial charge on any atom is 0.257 e. The molecule has 1 aliphatic rings. The van der Waals surface area contributed by atoms with Gasteiger partial charge in [0.15, 0.2) is 0 Å². The Morgan fingerprint density at radius 1 is 1.25 bits per heavy atom. The van der Waals surface area contributed by atoms with Crippen molar-refractivity contribution in [3.8, 4) is 5.75 Å². The molecule has 0 aromatic heterocycles. The fraction of sp³-hybridized carbons (Fsp3) is 0.312. The number of phenols is 1. The highest BCUT2D eigenvalue weighted by molar-refractivity contribution is 6.03. The van der Waals surface area contributed by atoms with Crippen molar-refractivity contribution in [2.75, 3.05) is 13.1 Å². The summed E-state index contributed by atoms with van der Waals surface area (Å²) in [6.07, 6.45) is 2.06. The predicted molar refractivity (Wildman–Crippen MR) is 78.7 cm³/mol. The Hall–Kier alpha value is -2.07. The number of rotatable bonds is 4. The number of hydrogen-bond acceptors (Lipinski definition) is 3. The molecule has 4 heteroatoms. The van der Waals surface area contributed by atoms with E-state index < -0.39 is 0 Å². The fourth-order valence-corrected chi connectivity index (χ4v) is 2.56. The van der Waals surface area contributed by atoms with Crippen LogP contribution < -0.4 is 5.73 Å². The van der Waals surface area contributed by atoms with Crippen molar-refractivity contribution < 1.29 is 9.90 Å². The number of fused-ring (bicyclic) bond motifs is 1. The van der Waals surface area contributed by atoms with E-state index in [1.165, 1.54) is 0 Å². The molecule has 0 spiro atoms. The molecule has 1 fully saturated rings. The normalized spacial score (nSPS) is 14.4. The molecule has 2 aromatic rings. The van der Waals surface area contributed by atoms with E-state index in [-0.39, 0.29) is 17.7 Å². The van der Waals surface area contributed by atoms with Crippen LogP contribution >= 0.6 is 0 Å². The van der Waals surface area contributed by atoms with E-state index in [0.29, 0.717) is 24.0 Å². The summed E-state index contributed by atoms with van der Waals surface area (Å²) < 4.78 is 0. The molecule has 0 aliphatic heterocycles. The maximum atomic E-state index is 12.6. The average Bonchev–Trinajstić information content (AvgIpc) is 3.29. The number of hydrogen-bond donors (Lipinski definition) is 2. The van der Waals surface area contributed by atoms with Gasteiger partial charge < -0.3 is 15.7 Å². The van der Waals surface area contributed by atoms with Crippen LogP contribution in [0.5, 0.6) is 5.75 Å². The van der Waals surface area contributed by atoms with Crippen LogP contribution in [0.2, 0.25) is 0 Å². The lowest BCUT2D eigenvalue weighted by atomic mass is 10.0. The summed E-state index contributed by atoms with van der Waals surface area (Å²) in [4.78, 5) is 14.4. The number of carbonyl (C=O) groups excluding carboxylic acids is 1. The van der Waals surface area contributed by atoms with Gasteiger partial charge in [0.1, 0.15) is 5.75 Å². The molecule has 1 saturated carbocycles. The van der Waals surface area contributed by atoms with Crippen molar-refractivity contribution in [2.45, 2.75) is 18.9 Å². The number of aromatic hydroxyl groups is 1. The maximum absolute atomic E-state index is 12.6. The van der Waals surface area contributed by atoms with Gasteiger partial charge in [-0.15, -0.1) is 0 Å². The van der Waals surface area contributed by atoms with Gasteiger partial charge >= 0.3 is 0 Å². The van der Waals surface area contributed by atoms with E-state index >= 15 is 0 Å². The minimum absolute atomic E-state index is 0.0655. The van der Waals surface area contributed by atoms with Crippen LogP contribution in [-0.4, -0.2) is 35.0 Å². The SMILES string of the molecule is NCCN(C(=O)c1ccc2ccccc2c1O)C1CC1. The van der Waals surface area contributed by atoms with Gasteiger partial charge in [-0.2, -0.15) is 0 Å². The van der Waals surface area contributed by atoms with Gasteiger partial charge in [0.2, 0.25) is 0 Å². The summed E-state index contributed by atoms with van der Waals surface area (Å²) in [6.45, 7) is 0.979. The highest BCUT2D eigenvalue weighted by Crippen LogP contribution is 2.33. The summed E-state index contributed by atoms with van der Waals surface area (Å²) in [6, 6.07) is 11.4. The molecule has 20 heavy (non-hydrogen) atoms. The van der Waals surface area contributed by atoms with Crippen LogP contribution in [0.4, 0.5) is 0 Å². The number of phenolic OH excluding ortho intramolecular Hbond substituents is 1. The van der Waals surface area contributed by atoms with E-state index in [2.05, 4.69) is 0 Å². The van der Waals surface area contributed by atoms with Gasteiger partial charge in [-0.1, -0.05) is 30.3 Å². The van der Waals surface area contributed by atoms with Crippen molar-refractivity contribution in [1.29, 1.82) is 0 Å². The summed E-state index contributed by atoms with van der Waals surface area (Å²) >= 11 is 0. The molecule has 2 aromatic carbocycles. The van der Waals surface area contributed by atoms with Crippen LogP contribution in [-0.2, 0) is 0 Å². The van der Waals surface area contributed by atoms with E-state index in [0.717, 1.165) is 18.2 Å². The van der Waals surface area contributed by atoms with Gasteiger partial charge in [-0.05, 0) is 24.3 Å². The van der Waals surface area contributed by atoms with Crippen molar-refractivity contribution in [3.05, 3.63) is 42.0 Å². The van der Waals surface area contributed by atoms with Crippen molar-refractivity contribution in [1.82, 2.24) is 4.90 Å². The van der Waals surface area contributed by atoms with Gasteiger partial charge in [0.25, 0.3) is 5.91 Å². The zero-order valence-corrected chi connectivity index (χ0v) is 11.2. The quantitative estimate of drug-likeness (QED) is 0.894. The molecule has 0 saturated heterocycles. The Morgan fingerprint density at radius 3 is 2.70 bits per heavy atom. The number of nitrogens with two attached hydrogens (primary N) is 1. The van der Waals surface area contributed by atoms with Gasteiger partial charge in [-0.25, -0.2) is 0 Å². The zero-order valence-electron chi connectivity index (χ0n) is 11.2. The second-order valence-electron chi connectivity index (χ2n) is 5.20. The second-order valence-corrected chi connectivity index (χ2v) is 5.20. The standard InChI is InChI=1S/C16H18N2O2/c17-9-10-18(12-6-7-12)16(20)14-8-5-11-3-1-2-4-13(11)15(14)19/h1-5,8,12,19H,6-7,9-10,17H2. The third-order valence-corrected chi connectivity index (χ3v) is 3.75. The Kier molecular flexibility index (Phi) is 3.32. The van der Waals surface area contributed by atoms with E-state index in [1.54, 1.807) is 11.0 Å². The lowest BCUT2D eigenvalue weighted by molar-refractivity contribution is 0.0745. The highest BCUT2D eigenvalue weighted by Gasteiger charge is 2.33. The molecular formula is C16H18N2O2. The third kappa shape index (κ3) is 2.23. The molecule has 0 heterocycles. The monoisotopic (exact) mass is 270 g/mol. The molecule has 4 nitrogen and oxygen atoms in total. The van der Waals surface area contributed by atoms with Gasteiger partial charge in [0.05, 0.1) is 5.56 Å². The van der Waals surface area contributed by atoms with E-state index in [1.807, 2.05) is 30.3 Å². The lowest BCUT2D eigenvalue weighted by Gasteiger charge is -2.22. The molecule has 3 N–H and O–H groups in total. The first-order chi connectivity index (χ1) is 9.72. The molecule has 0 bridgehead atoms. The number of benzene rings is 2. The molecule has 104 valence electrons. The Morgan fingerprint density at radius 2 is 2.00 bits per heavy atom. The van der Waals surface area contributed by atoms with Gasteiger partial charge in [0, 0.05) is 24.5 Å². The van der Waals surface area contributed by atoms with E-state index in [9.17, 15) is 9.90 Å². The lowest BCUT2D eigenvalue weighted by Crippen LogP contribution is -2.37. The van der Waals surface area contributed by atoms with Crippen molar-refractivity contribution >= 4 is 16.7 Å². The van der Waals surface area contributed by atoms with Gasteiger partial charge in [-0.3, -0.25) is 4.79 Å². The summed E-state index contributed by atoms with van der Waals surface area (Å²) in [5, 5.41) is 12.0. The Labute approximate surface area is 117 Å². The Bertz CT molecular complexity index is 650. The first-order valence-electron chi connectivity index (χ1n) is 6.94. The second kappa shape index (κ2) is 5.13. The summed E-state index contributed by atoms with van der Waals surface area (Å²) in [5.41, 5.74) is 5.95. The Balaban J connectivity index is 2.00. The molecule has 3 rings (SSSR count). The molecule has 0 atom stereocenters.